The summed E-state index contributed by atoms with van der Waals surface area (Å²) in [5, 5.41) is 0. The Hall–Kier alpha value is -2.27. The first-order valence-electron chi connectivity index (χ1n) is 9.43. The summed E-state index contributed by atoms with van der Waals surface area (Å²) in [5.41, 5.74) is 1.95. The normalized spacial score (nSPS) is 15.8. The van der Waals surface area contributed by atoms with Gasteiger partial charge >= 0.3 is 0 Å². The summed E-state index contributed by atoms with van der Waals surface area (Å²) in [5.74, 6) is 0.205. The zero-order chi connectivity index (χ0) is 19.4. The molecule has 1 aromatic carbocycles. The van der Waals surface area contributed by atoms with Crippen molar-refractivity contribution in [2.24, 2.45) is 0 Å². The van der Waals surface area contributed by atoms with Gasteiger partial charge in [0.2, 0.25) is 0 Å². The van der Waals surface area contributed by atoms with Crippen molar-refractivity contribution < 1.29 is 13.9 Å². The Labute approximate surface area is 160 Å². The zero-order valence-corrected chi connectivity index (χ0v) is 16.2. The number of hydrogen-bond donors (Lipinski definition) is 0. The highest BCUT2D eigenvalue weighted by atomic mass is 19.1. The van der Waals surface area contributed by atoms with Crippen LogP contribution in [-0.4, -0.2) is 41.6 Å². The highest BCUT2D eigenvalue weighted by Gasteiger charge is 2.34. The van der Waals surface area contributed by atoms with Crippen LogP contribution in [0.4, 0.5) is 4.39 Å². The van der Waals surface area contributed by atoms with E-state index in [0.29, 0.717) is 17.9 Å². The van der Waals surface area contributed by atoms with Crippen molar-refractivity contribution in [3.05, 3.63) is 65.2 Å². The molecule has 0 bridgehead atoms. The van der Waals surface area contributed by atoms with Crippen molar-refractivity contribution in [3.8, 4) is 0 Å². The first-order chi connectivity index (χ1) is 12.9. The Bertz CT molecular complexity index is 781. The predicted molar refractivity (Wildman–Crippen MR) is 103 cm³/mol. The zero-order valence-electron chi connectivity index (χ0n) is 16.2. The van der Waals surface area contributed by atoms with Crippen LogP contribution in [0.5, 0.6) is 0 Å². The number of methoxy groups -OCH3 is 1. The van der Waals surface area contributed by atoms with Gasteiger partial charge in [0.05, 0.1) is 0 Å². The fourth-order valence-electron chi connectivity index (χ4n) is 3.49. The molecule has 1 aliphatic heterocycles. The number of ether oxygens (including phenoxy) is 1. The van der Waals surface area contributed by atoms with Crippen molar-refractivity contribution in [3.63, 3.8) is 0 Å². The van der Waals surface area contributed by atoms with Crippen LogP contribution in [0.15, 0.2) is 42.6 Å². The van der Waals surface area contributed by atoms with Crippen LogP contribution in [0.3, 0.4) is 0 Å². The van der Waals surface area contributed by atoms with Crippen LogP contribution in [0.1, 0.15) is 49.4 Å². The van der Waals surface area contributed by atoms with E-state index in [1.165, 1.54) is 6.07 Å². The van der Waals surface area contributed by atoms with Crippen molar-refractivity contribution in [2.45, 2.75) is 44.6 Å². The smallest absolute Gasteiger partial charge is 0.254 e. The molecule has 0 unspecified atom stereocenters. The van der Waals surface area contributed by atoms with Crippen LogP contribution < -0.4 is 0 Å². The van der Waals surface area contributed by atoms with Crippen LogP contribution in [0.2, 0.25) is 0 Å². The number of amides is 1. The molecule has 1 saturated heterocycles. The number of carbonyl (C=O) groups is 1. The van der Waals surface area contributed by atoms with Gasteiger partial charge in [-0.25, -0.2) is 4.39 Å². The maximum absolute atomic E-state index is 13.8. The van der Waals surface area contributed by atoms with Crippen LogP contribution in [0.25, 0.3) is 0 Å². The van der Waals surface area contributed by atoms with Crippen molar-refractivity contribution in [2.75, 3.05) is 20.2 Å². The molecular formula is C22H27FN2O2. The molecule has 2 heterocycles. The third-order valence-corrected chi connectivity index (χ3v) is 5.43. The monoisotopic (exact) mass is 370 g/mol. The van der Waals surface area contributed by atoms with Gasteiger partial charge in [-0.3, -0.25) is 9.78 Å². The minimum Gasteiger partial charge on any atom is -0.369 e. The summed E-state index contributed by atoms with van der Waals surface area (Å²) in [4.78, 5) is 19.0. The van der Waals surface area contributed by atoms with E-state index in [1.54, 1.807) is 33.1 Å². The van der Waals surface area contributed by atoms with Gasteiger partial charge in [0, 0.05) is 44.4 Å². The minimum absolute atomic E-state index is 0.0386. The van der Waals surface area contributed by atoms with E-state index in [9.17, 15) is 9.18 Å². The van der Waals surface area contributed by atoms with Gasteiger partial charge in [-0.15, -0.1) is 0 Å². The lowest BCUT2D eigenvalue weighted by molar-refractivity contribution is -0.152. The second-order valence-corrected chi connectivity index (χ2v) is 7.64. The maximum Gasteiger partial charge on any atom is 0.254 e. The molecule has 0 radical (unpaired) electrons. The molecule has 2 aromatic rings. The summed E-state index contributed by atoms with van der Waals surface area (Å²) in [6, 6.07) is 10.9. The molecule has 0 N–H and O–H groups in total. The molecule has 1 aliphatic rings. The Balaban J connectivity index is 1.59. The van der Waals surface area contributed by atoms with E-state index < -0.39 is 5.60 Å². The fraction of sp³-hybridized carbons (Fsp3) is 0.455. The number of piperidine rings is 1. The van der Waals surface area contributed by atoms with E-state index >= 15 is 0 Å². The van der Waals surface area contributed by atoms with Gasteiger partial charge in [-0.05, 0) is 49.9 Å². The van der Waals surface area contributed by atoms with Gasteiger partial charge in [-0.1, -0.05) is 24.3 Å². The fourth-order valence-corrected chi connectivity index (χ4v) is 3.49. The molecular weight excluding hydrogens is 343 g/mol. The number of rotatable bonds is 5. The second kappa shape index (κ2) is 8.17. The predicted octanol–water partition coefficient (Wildman–Crippen LogP) is 3.94. The van der Waals surface area contributed by atoms with Crippen LogP contribution in [0, 0.1) is 5.82 Å². The Morgan fingerprint density at radius 3 is 2.52 bits per heavy atom. The molecule has 0 spiro atoms. The summed E-state index contributed by atoms with van der Waals surface area (Å²) in [6.45, 7) is 5.04. The quantitative estimate of drug-likeness (QED) is 0.801. The summed E-state index contributed by atoms with van der Waals surface area (Å²) < 4.78 is 19.1. The second-order valence-electron chi connectivity index (χ2n) is 7.64. The van der Waals surface area contributed by atoms with Crippen LogP contribution in [-0.2, 0) is 16.0 Å². The molecule has 144 valence electrons. The molecule has 0 aliphatic carbocycles. The van der Waals surface area contributed by atoms with Crippen molar-refractivity contribution in [1.82, 2.24) is 9.88 Å². The molecule has 1 aromatic heterocycles. The SMILES string of the molecule is COC(C)(C)C(=O)N1CCC(c2ccc(Cc3ccccc3F)cn2)CC1. The van der Waals surface area contributed by atoms with Gasteiger partial charge in [-0.2, -0.15) is 0 Å². The number of halogens is 1. The van der Waals surface area contributed by atoms with Gasteiger partial charge in [0.1, 0.15) is 11.4 Å². The van der Waals surface area contributed by atoms with Crippen LogP contribution >= 0.6 is 0 Å². The highest BCUT2D eigenvalue weighted by molar-refractivity contribution is 5.84. The average molecular weight is 370 g/mol. The number of benzene rings is 1. The largest absolute Gasteiger partial charge is 0.369 e. The third kappa shape index (κ3) is 4.53. The lowest BCUT2D eigenvalue weighted by Crippen LogP contribution is -2.49. The van der Waals surface area contributed by atoms with Gasteiger partial charge in [0.25, 0.3) is 5.91 Å². The minimum atomic E-state index is -0.778. The third-order valence-electron chi connectivity index (χ3n) is 5.43. The summed E-state index contributed by atoms with van der Waals surface area (Å²) >= 11 is 0. The number of hydrogen-bond acceptors (Lipinski definition) is 3. The molecule has 1 amide bonds. The lowest BCUT2D eigenvalue weighted by Gasteiger charge is -2.36. The maximum atomic E-state index is 13.8. The summed E-state index contributed by atoms with van der Waals surface area (Å²) in [6.07, 6.45) is 4.17. The van der Waals surface area contributed by atoms with E-state index in [1.807, 2.05) is 29.3 Å². The first kappa shape index (κ1) is 19.5. The molecule has 27 heavy (non-hydrogen) atoms. The van der Waals surface area contributed by atoms with E-state index in [0.717, 1.165) is 37.2 Å². The Kier molecular flexibility index (Phi) is 5.90. The first-order valence-corrected chi connectivity index (χ1v) is 9.43. The molecule has 0 atom stereocenters. The number of nitrogens with zero attached hydrogens (tertiary/aromatic N) is 2. The summed E-state index contributed by atoms with van der Waals surface area (Å²) in [7, 11) is 1.57. The number of likely N-dealkylation sites (tertiary alicyclic amines) is 1. The van der Waals surface area contributed by atoms with Gasteiger partial charge < -0.3 is 9.64 Å². The standard InChI is InChI=1S/C22H27FN2O2/c1-22(2,27-3)21(26)25-12-10-17(11-13-25)20-9-8-16(15-24-20)14-18-6-4-5-7-19(18)23/h4-9,15,17H,10-14H2,1-3H3. The molecule has 4 nitrogen and oxygen atoms in total. The lowest BCUT2D eigenvalue weighted by atomic mass is 9.91. The van der Waals surface area contributed by atoms with E-state index in [4.69, 9.17) is 4.74 Å². The topological polar surface area (TPSA) is 42.4 Å². The number of carbonyl (C=O) groups excluding carboxylic acids is 1. The Morgan fingerprint density at radius 2 is 1.93 bits per heavy atom. The van der Waals surface area contributed by atoms with E-state index in [2.05, 4.69) is 4.98 Å². The molecule has 0 saturated carbocycles. The Morgan fingerprint density at radius 1 is 1.22 bits per heavy atom. The molecule has 1 fully saturated rings. The number of aromatic nitrogens is 1. The van der Waals surface area contributed by atoms with Crippen molar-refractivity contribution >= 4 is 5.91 Å². The van der Waals surface area contributed by atoms with Crippen molar-refractivity contribution in [1.29, 1.82) is 0 Å². The number of pyridine rings is 1. The molecule has 3 rings (SSSR count). The average Bonchev–Trinajstić information content (AvgIpc) is 2.70. The highest BCUT2D eigenvalue weighted by Crippen LogP contribution is 2.28. The van der Waals surface area contributed by atoms with E-state index in [-0.39, 0.29) is 11.7 Å². The van der Waals surface area contributed by atoms with Gasteiger partial charge in [0.15, 0.2) is 0 Å². The molecule has 5 heteroatoms.